The molecule has 1 atom stereocenters. The number of rotatable bonds is 8. The second-order valence-corrected chi connectivity index (χ2v) is 8.27. The first-order valence-corrected chi connectivity index (χ1v) is 11.0. The molecule has 2 aromatic carbocycles. The molecule has 2 amide bonds. The van der Waals surface area contributed by atoms with Gasteiger partial charge in [0.2, 0.25) is 5.91 Å². The molecule has 0 bridgehead atoms. The molecule has 0 saturated heterocycles. The van der Waals surface area contributed by atoms with Gasteiger partial charge in [0.25, 0.3) is 5.91 Å². The fourth-order valence-corrected chi connectivity index (χ4v) is 3.80. The number of benzene rings is 2. The summed E-state index contributed by atoms with van der Waals surface area (Å²) in [5, 5.41) is 3.11. The van der Waals surface area contributed by atoms with Crippen LogP contribution in [0, 0.1) is 12.7 Å². The first kappa shape index (κ1) is 22.8. The molecule has 3 rings (SSSR count). The number of nitrogens with one attached hydrogen (secondary N) is 1. The zero-order chi connectivity index (χ0) is 22.2. The summed E-state index contributed by atoms with van der Waals surface area (Å²) in [7, 11) is 0. The van der Waals surface area contributed by atoms with Crippen molar-refractivity contribution in [3.05, 3.63) is 65.5 Å². The summed E-state index contributed by atoms with van der Waals surface area (Å²) in [6.07, 6.45) is 5.42. The van der Waals surface area contributed by atoms with Crippen LogP contribution in [0.2, 0.25) is 0 Å². The van der Waals surface area contributed by atoms with Crippen LogP contribution in [0.25, 0.3) is 0 Å². The third-order valence-electron chi connectivity index (χ3n) is 5.77. The van der Waals surface area contributed by atoms with Gasteiger partial charge in [0.1, 0.15) is 17.6 Å². The lowest BCUT2D eigenvalue weighted by Gasteiger charge is -2.31. The second-order valence-electron chi connectivity index (χ2n) is 8.27. The van der Waals surface area contributed by atoms with Crippen LogP contribution in [0.15, 0.2) is 48.5 Å². The first-order valence-electron chi connectivity index (χ1n) is 11.0. The van der Waals surface area contributed by atoms with Crippen molar-refractivity contribution in [3.8, 4) is 5.75 Å². The molecule has 31 heavy (non-hydrogen) atoms. The highest BCUT2D eigenvalue weighted by Crippen LogP contribution is 2.19. The molecular weight excluding hydrogens is 395 g/mol. The molecule has 166 valence electrons. The van der Waals surface area contributed by atoms with Gasteiger partial charge < -0.3 is 15.0 Å². The Balaban J connectivity index is 1.69. The number of ether oxygens (including phenoxy) is 1. The van der Waals surface area contributed by atoms with Crippen molar-refractivity contribution >= 4 is 11.8 Å². The lowest BCUT2D eigenvalue weighted by Crippen LogP contribution is -2.51. The average Bonchev–Trinajstić information content (AvgIpc) is 2.78. The zero-order valence-electron chi connectivity index (χ0n) is 18.3. The molecular formula is C25H31FN2O3. The van der Waals surface area contributed by atoms with Crippen molar-refractivity contribution in [2.45, 2.75) is 64.6 Å². The summed E-state index contributed by atoms with van der Waals surface area (Å²) in [6, 6.07) is 13.0. The maximum Gasteiger partial charge on any atom is 0.261 e. The van der Waals surface area contributed by atoms with Gasteiger partial charge in [-0.2, -0.15) is 0 Å². The first-order chi connectivity index (χ1) is 14.9. The lowest BCUT2D eigenvalue weighted by molar-refractivity contribution is -0.142. The number of halogens is 1. The van der Waals surface area contributed by atoms with Crippen LogP contribution in [-0.2, 0) is 16.1 Å². The van der Waals surface area contributed by atoms with E-state index in [0.717, 1.165) is 36.8 Å². The smallest absolute Gasteiger partial charge is 0.261 e. The molecule has 1 saturated carbocycles. The summed E-state index contributed by atoms with van der Waals surface area (Å²) in [5.41, 5.74) is 2.07. The van der Waals surface area contributed by atoms with Crippen molar-refractivity contribution in [2.75, 3.05) is 6.61 Å². The van der Waals surface area contributed by atoms with E-state index in [-0.39, 0.29) is 30.3 Å². The van der Waals surface area contributed by atoms with Crippen molar-refractivity contribution in [3.63, 3.8) is 0 Å². The molecule has 1 fully saturated rings. The van der Waals surface area contributed by atoms with E-state index in [1.807, 2.05) is 31.2 Å². The van der Waals surface area contributed by atoms with Gasteiger partial charge in [0.15, 0.2) is 6.61 Å². The van der Waals surface area contributed by atoms with Crippen LogP contribution in [0.1, 0.15) is 50.2 Å². The van der Waals surface area contributed by atoms with E-state index in [2.05, 4.69) is 5.32 Å². The molecule has 0 heterocycles. The van der Waals surface area contributed by atoms with Crippen LogP contribution in [-0.4, -0.2) is 35.4 Å². The highest BCUT2D eigenvalue weighted by atomic mass is 19.1. The molecule has 6 heteroatoms. The highest BCUT2D eigenvalue weighted by Gasteiger charge is 2.28. The summed E-state index contributed by atoms with van der Waals surface area (Å²) >= 11 is 0. The van der Waals surface area contributed by atoms with E-state index in [1.54, 1.807) is 11.8 Å². The fourth-order valence-electron chi connectivity index (χ4n) is 3.80. The van der Waals surface area contributed by atoms with Crippen LogP contribution in [0.5, 0.6) is 5.75 Å². The van der Waals surface area contributed by atoms with Gasteiger partial charge in [0, 0.05) is 12.6 Å². The summed E-state index contributed by atoms with van der Waals surface area (Å²) in [6.45, 7) is 3.84. The quantitative estimate of drug-likeness (QED) is 0.682. The molecule has 5 nitrogen and oxygen atoms in total. The van der Waals surface area contributed by atoms with Crippen molar-refractivity contribution < 1.29 is 18.7 Å². The lowest BCUT2D eigenvalue weighted by atomic mass is 9.95. The van der Waals surface area contributed by atoms with Gasteiger partial charge in [0.05, 0.1) is 0 Å². The van der Waals surface area contributed by atoms with Gasteiger partial charge in [-0.3, -0.25) is 9.59 Å². The highest BCUT2D eigenvalue weighted by molar-refractivity contribution is 5.88. The number of hydrogen-bond acceptors (Lipinski definition) is 3. The predicted molar refractivity (Wildman–Crippen MR) is 118 cm³/mol. The maximum absolute atomic E-state index is 13.1. The van der Waals surface area contributed by atoms with Crippen LogP contribution < -0.4 is 10.1 Å². The van der Waals surface area contributed by atoms with Gasteiger partial charge in [-0.1, -0.05) is 49.1 Å². The minimum atomic E-state index is -0.632. The Kier molecular flexibility index (Phi) is 8.04. The Morgan fingerprint density at radius 1 is 1.06 bits per heavy atom. The molecule has 1 aliphatic rings. The molecule has 1 N–H and O–H groups in total. The monoisotopic (exact) mass is 426 g/mol. The van der Waals surface area contributed by atoms with Crippen LogP contribution in [0.4, 0.5) is 4.39 Å². The fraction of sp³-hybridized carbons (Fsp3) is 0.440. The van der Waals surface area contributed by atoms with E-state index in [9.17, 15) is 14.0 Å². The van der Waals surface area contributed by atoms with Crippen LogP contribution in [0.3, 0.4) is 0 Å². The van der Waals surface area contributed by atoms with Gasteiger partial charge in [-0.25, -0.2) is 4.39 Å². The normalized spacial score (nSPS) is 15.2. The third-order valence-corrected chi connectivity index (χ3v) is 5.77. The molecule has 0 aliphatic heterocycles. The van der Waals surface area contributed by atoms with Gasteiger partial charge >= 0.3 is 0 Å². The summed E-state index contributed by atoms with van der Waals surface area (Å²) < 4.78 is 18.6. The third kappa shape index (κ3) is 6.81. The average molecular weight is 427 g/mol. The second kappa shape index (κ2) is 10.9. The summed E-state index contributed by atoms with van der Waals surface area (Å²) in [5.74, 6) is -0.401. The molecule has 2 aromatic rings. The van der Waals surface area contributed by atoms with E-state index < -0.39 is 6.04 Å². The van der Waals surface area contributed by atoms with Crippen LogP contribution >= 0.6 is 0 Å². The Bertz CT molecular complexity index is 861. The number of amides is 2. The number of carbonyl (C=O) groups excluding carboxylic acids is 2. The number of hydrogen-bond donors (Lipinski definition) is 1. The van der Waals surface area contributed by atoms with E-state index in [1.165, 1.54) is 30.7 Å². The Morgan fingerprint density at radius 3 is 2.35 bits per heavy atom. The van der Waals surface area contributed by atoms with Gasteiger partial charge in [-0.05, 0) is 56.5 Å². The standard InChI is InChI=1S/C25H31FN2O3/c1-18-8-10-20(11-9-18)16-28(19(2)25(30)27-22-6-4-3-5-7-22)24(29)17-31-23-14-12-21(26)13-15-23/h8-15,19,22H,3-7,16-17H2,1-2H3,(H,27,30)/t19-/m0/s1. The topological polar surface area (TPSA) is 58.6 Å². The predicted octanol–water partition coefficient (Wildman–Crippen LogP) is 4.38. The van der Waals surface area contributed by atoms with E-state index in [0.29, 0.717) is 12.3 Å². The van der Waals surface area contributed by atoms with E-state index in [4.69, 9.17) is 4.74 Å². The molecule has 0 radical (unpaired) electrons. The molecule has 0 spiro atoms. The largest absolute Gasteiger partial charge is 0.484 e. The van der Waals surface area contributed by atoms with Gasteiger partial charge in [-0.15, -0.1) is 0 Å². The molecule has 0 aromatic heterocycles. The van der Waals surface area contributed by atoms with E-state index >= 15 is 0 Å². The maximum atomic E-state index is 13.1. The molecule has 1 aliphatic carbocycles. The Hall–Kier alpha value is -2.89. The minimum absolute atomic E-state index is 0.144. The van der Waals surface area contributed by atoms with Crippen molar-refractivity contribution in [2.24, 2.45) is 0 Å². The SMILES string of the molecule is Cc1ccc(CN(C(=O)COc2ccc(F)cc2)[C@@H](C)C(=O)NC2CCCCC2)cc1. The van der Waals surface area contributed by atoms with Crippen molar-refractivity contribution in [1.82, 2.24) is 10.2 Å². The molecule has 0 unspecified atom stereocenters. The Labute approximate surface area is 183 Å². The number of carbonyl (C=O) groups is 2. The van der Waals surface area contributed by atoms with Crippen molar-refractivity contribution in [1.29, 1.82) is 0 Å². The Morgan fingerprint density at radius 2 is 1.71 bits per heavy atom. The summed E-state index contributed by atoms with van der Waals surface area (Å²) in [4.78, 5) is 27.5. The zero-order valence-corrected chi connectivity index (χ0v) is 18.3. The number of aryl methyl sites for hydroxylation is 1. The number of nitrogens with zero attached hydrogens (tertiary/aromatic N) is 1. The minimum Gasteiger partial charge on any atom is -0.484 e.